The number of aliphatic hydroxyl groups is 1. The quantitative estimate of drug-likeness (QED) is 0.535. The van der Waals surface area contributed by atoms with Crippen molar-refractivity contribution < 1.29 is 9.90 Å². The molecule has 2 nitrogen and oxygen atoms in total. The Labute approximate surface area is 79.6 Å². The number of hydrogen-bond acceptors (Lipinski definition) is 2. The maximum Gasteiger partial charge on any atom is 0.130 e. The predicted molar refractivity (Wildman–Crippen MR) is 52.3 cm³/mol. The van der Waals surface area contributed by atoms with Gasteiger partial charge in [-0.05, 0) is 18.8 Å². The fourth-order valence-corrected chi connectivity index (χ4v) is 2.09. The normalized spacial score (nSPS) is 39.0. The van der Waals surface area contributed by atoms with Crippen LogP contribution in [-0.4, -0.2) is 17.5 Å². The van der Waals surface area contributed by atoms with Crippen LogP contribution in [0.15, 0.2) is 12.2 Å². The van der Waals surface area contributed by atoms with Gasteiger partial charge in [0.15, 0.2) is 0 Å². The summed E-state index contributed by atoms with van der Waals surface area (Å²) in [6, 6.07) is 0. The fraction of sp³-hybridized carbons (Fsp3) is 0.727. The standard InChI is InChI=1S/C11H18O2/c1-3-5-11(8-12)6-4-10(13)7-9(11)2/h4,6,8-10,13H,3,5,7H2,1-2H3. The lowest BCUT2D eigenvalue weighted by Gasteiger charge is -2.35. The SMILES string of the molecule is CCCC1(C=O)C=CC(O)CC1C. The van der Waals surface area contributed by atoms with Crippen LogP contribution in [0.2, 0.25) is 0 Å². The van der Waals surface area contributed by atoms with E-state index in [9.17, 15) is 9.90 Å². The average Bonchev–Trinajstić information content (AvgIpc) is 2.11. The van der Waals surface area contributed by atoms with Crippen LogP contribution in [0.5, 0.6) is 0 Å². The van der Waals surface area contributed by atoms with E-state index in [2.05, 4.69) is 6.92 Å². The second-order valence-corrected chi connectivity index (χ2v) is 4.04. The zero-order valence-corrected chi connectivity index (χ0v) is 8.36. The van der Waals surface area contributed by atoms with Crippen LogP contribution >= 0.6 is 0 Å². The monoisotopic (exact) mass is 182 g/mol. The first-order valence-electron chi connectivity index (χ1n) is 4.98. The average molecular weight is 182 g/mol. The molecule has 13 heavy (non-hydrogen) atoms. The third kappa shape index (κ3) is 1.99. The van der Waals surface area contributed by atoms with Crippen molar-refractivity contribution in [1.82, 2.24) is 0 Å². The Hall–Kier alpha value is -0.630. The Morgan fingerprint density at radius 2 is 2.38 bits per heavy atom. The van der Waals surface area contributed by atoms with Crippen molar-refractivity contribution in [2.45, 2.75) is 39.2 Å². The minimum absolute atomic E-state index is 0.255. The van der Waals surface area contributed by atoms with E-state index in [1.165, 1.54) is 0 Å². The van der Waals surface area contributed by atoms with Crippen molar-refractivity contribution in [3.8, 4) is 0 Å². The summed E-state index contributed by atoms with van der Waals surface area (Å²) >= 11 is 0. The van der Waals surface area contributed by atoms with Crippen molar-refractivity contribution in [1.29, 1.82) is 0 Å². The lowest BCUT2D eigenvalue weighted by Crippen LogP contribution is -2.34. The van der Waals surface area contributed by atoms with Crippen LogP contribution in [0.25, 0.3) is 0 Å². The number of carbonyl (C=O) groups excluding carboxylic acids is 1. The molecular formula is C11H18O2. The maximum absolute atomic E-state index is 11.1. The second-order valence-electron chi connectivity index (χ2n) is 4.04. The molecule has 0 fully saturated rings. The molecule has 2 heteroatoms. The third-order valence-corrected chi connectivity index (χ3v) is 3.04. The van der Waals surface area contributed by atoms with Crippen LogP contribution in [-0.2, 0) is 4.79 Å². The molecule has 0 aromatic heterocycles. The second kappa shape index (κ2) is 4.05. The Morgan fingerprint density at radius 1 is 1.69 bits per heavy atom. The van der Waals surface area contributed by atoms with E-state index >= 15 is 0 Å². The molecule has 0 saturated carbocycles. The summed E-state index contributed by atoms with van der Waals surface area (Å²) in [7, 11) is 0. The van der Waals surface area contributed by atoms with Gasteiger partial charge in [0.25, 0.3) is 0 Å². The molecule has 74 valence electrons. The minimum atomic E-state index is -0.361. The fourth-order valence-electron chi connectivity index (χ4n) is 2.09. The highest BCUT2D eigenvalue weighted by Gasteiger charge is 2.36. The molecule has 3 unspecified atom stereocenters. The number of aliphatic hydroxyl groups excluding tert-OH is 1. The van der Waals surface area contributed by atoms with Gasteiger partial charge in [-0.15, -0.1) is 0 Å². The van der Waals surface area contributed by atoms with Crippen molar-refractivity contribution in [3.63, 3.8) is 0 Å². The van der Waals surface area contributed by atoms with E-state index in [0.29, 0.717) is 6.42 Å². The van der Waals surface area contributed by atoms with Gasteiger partial charge in [0.2, 0.25) is 0 Å². The summed E-state index contributed by atoms with van der Waals surface area (Å²) in [5, 5.41) is 9.37. The number of allylic oxidation sites excluding steroid dienone is 1. The molecule has 0 aromatic rings. The van der Waals surface area contributed by atoms with Gasteiger partial charge in [0, 0.05) is 5.41 Å². The molecule has 0 aliphatic heterocycles. The summed E-state index contributed by atoms with van der Waals surface area (Å²) in [4.78, 5) is 11.1. The molecule has 3 atom stereocenters. The number of carbonyl (C=O) groups is 1. The molecule has 0 aromatic carbocycles. The number of hydrogen-bond donors (Lipinski definition) is 1. The summed E-state index contributed by atoms with van der Waals surface area (Å²) in [6.07, 6.45) is 6.93. The van der Waals surface area contributed by atoms with Crippen LogP contribution in [0.4, 0.5) is 0 Å². The number of rotatable bonds is 3. The Balaban J connectivity index is 2.84. The van der Waals surface area contributed by atoms with Crippen molar-refractivity contribution in [3.05, 3.63) is 12.2 Å². The van der Waals surface area contributed by atoms with Crippen molar-refractivity contribution >= 4 is 6.29 Å². The molecule has 1 aliphatic rings. The first-order valence-corrected chi connectivity index (χ1v) is 4.98. The molecule has 0 saturated heterocycles. The van der Waals surface area contributed by atoms with E-state index in [4.69, 9.17) is 0 Å². The molecule has 1 rings (SSSR count). The summed E-state index contributed by atoms with van der Waals surface area (Å²) in [6.45, 7) is 4.12. The molecule has 0 bridgehead atoms. The van der Waals surface area contributed by atoms with Crippen LogP contribution in [0, 0.1) is 11.3 Å². The third-order valence-electron chi connectivity index (χ3n) is 3.04. The molecular weight excluding hydrogens is 164 g/mol. The summed E-state index contributed by atoms with van der Waals surface area (Å²) in [5.74, 6) is 0.255. The van der Waals surface area contributed by atoms with Crippen molar-refractivity contribution in [2.75, 3.05) is 0 Å². The van der Waals surface area contributed by atoms with Crippen molar-refractivity contribution in [2.24, 2.45) is 11.3 Å². The highest BCUT2D eigenvalue weighted by molar-refractivity contribution is 5.63. The predicted octanol–water partition coefficient (Wildman–Crippen LogP) is 1.93. The van der Waals surface area contributed by atoms with Gasteiger partial charge < -0.3 is 9.90 Å². The smallest absolute Gasteiger partial charge is 0.130 e. The Morgan fingerprint density at radius 3 is 2.85 bits per heavy atom. The van der Waals surface area contributed by atoms with Crippen LogP contribution in [0.3, 0.4) is 0 Å². The van der Waals surface area contributed by atoms with Gasteiger partial charge in [0.05, 0.1) is 6.10 Å². The minimum Gasteiger partial charge on any atom is -0.389 e. The molecule has 0 radical (unpaired) electrons. The van der Waals surface area contributed by atoms with Crippen LogP contribution in [0.1, 0.15) is 33.1 Å². The van der Waals surface area contributed by atoms with Gasteiger partial charge in [0.1, 0.15) is 6.29 Å². The lowest BCUT2D eigenvalue weighted by molar-refractivity contribution is -0.117. The van der Waals surface area contributed by atoms with E-state index in [1.807, 2.05) is 13.0 Å². The number of aldehydes is 1. The Bertz CT molecular complexity index is 210. The molecule has 0 amide bonds. The molecule has 1 N–H and O–H groups in total. The van der Waals surface area contributed by atoms with E-state index < -0.39 is 0 Å². The molecule has 0 spiro atoms. The largest absolute Gasteiger partial charge is 0.389 e. The van der Waals surface area contributed by atoms with Gasteiger partial charge in [-0.2, -0.15) is 0 Å². The molecule has 0 heterocycles. The maximum atomic E-state index is 11.1. The van der Waals surface area contributed by atoms with Crippen LogP contribution < -0.4 is 0 Å². The zero-order chi connectivity index (χ0) is 9.90. The summed E-state index contributed by atoms with van der Waals surface area (Å²) < 4.78 is 0. The van der Waals surface area contributed by atoms with Gasteiger partial charge in [-0.3, -0.25) is 0 Å². The first-order chi connectivity index (χ1) is 6.14. The van der Waals surface area contributed by atoms with Gasteiger partial charge >= 0.3 is 0 Å². The van der Waals surface area contributed by atoms with Gasteiger partial charge in [-0.1, -0.05) is 32.4 Å². The van der Waals surface area contributed by atoms with E-state index in [1.54, 1.807) is 6.08 Å². The first kappa shape index (κ1) is 10.5. The van der Waals surface area contributed by atoms with E-state index in [0.717, 1.165) is 19.1 Å². The van der Waals surface area contributed by atoms with Gasteiger partial charge in [-0.25, -0.2) is 0 Å². The van der Waals surface area contributed by atoms with E-state index in [-0.39, 0.29) is 17.4 Å². The Kier molecular flexibility index (Phi) is 3.26. The zero-order valence-electron chi connectivity index (χ0n) is 8.36. The summed E-state index contributed by atoms with van der Waals surface area (Å²) in [5.41, 5.74) is -0.312. The topological polar surface area (TPSA) is 37.3 Å². The highest BCUT2D eigenvalue weighted by atomic mass is 16.3. The highest BCUT2D eigenvalue weighted by Crippen LogP contribution is 2.38. The molecule has 1 aliphatic carbocycles. The lowest BCUT2D eigenvalue weighted by atomic mass is 9.69.